The van der Waals surface area contributed by atoms with Gasteiger partial charge < -0.3 is 25.4 Å². The Bertz CT molecular complexity index is 465. The number of hydrogen-bond donors (Lipinski definition) is 3. The van der Waals surface area contributed by atoms with Gasteiger partial charge in [0, 0.05) is 18.6 Å². The van der Waals surface area contributed by atoms with Crippen molar-refractivity contribution in [2.75, 3.05) is 19.5 Å². The first-order chi connectivity index (χ1) is 8.74. The quantitative estimate of drug-likeness (QED) is 0.677. The van der Waals surface area contributed by atoms with Gasteiger partial charge in [0.25, 0.3) is 0 Å². The Kier molecular flexibility index (Phi) is 4.61. The third kappa shape index (κ3) is 4.33. The molecule has 0 fully saturated rings. The Morgan fingerprint density at radius 3 is 2.47 bits per heavy atom. The minimum Gasteiger partial charge on any atom is -0.493 e. The average molecular weight is 269 g/mol. The van der Waals surface area contributed by atoms with Gasteiger partial charge in [-0.1, -0.05) is 0 Å². The second kappa shape index (κ2) is 5.79. The summed E-state index contributed by atoms with van der Waals surface area (Å²) in [6.45, 7) is 3.57. The lowest BCUT2D eigenvalue weighted by Gasteiger charge is -2.18. The van der Waals surface area contributed by atoms with Crippen molar-refractivity contribution in [1.82, 2.24) is 0 Å². The molecule has 0 aromatic heterocycles. The molecular formula is C13H19NO5. The fraction of sp³-hybridized carbons (Fsp3) is 0.462. The molecule has 0 saturated carbocycles. The van der Waals surface area contributed by atoms with E-state index in [0.29, 0.717) is 17.9 Å². The van der Waals surface area contributed by atoms with E-state index in [9.17, 15) is 9.90 Å². The van der Waals surface area contributed by atoms with Crippen LogP contribution in [0.3, 0.4) is 0 Å². The predicted octanol–water partition coefficient (Wildman–Crippen LogP) is 1.52. The number of aromatic carboxylic acids is 1. The van der Waals surface area contributed by atoms with Crippen molar-refractivity contribution >= 4 is 11.7 Å². The molecule has 4 N–H and O–H groups in total. The Morgan fingerprint density at radius 2 is 2.00 bits per heavy atom. The summed E-state index contributed by atoms with van der Waals surface area (Å²) in [7, 11) is 1.44. The van der Waals surface area contributed by atoms with E-state index >= 15 is 0 Å². The summed E-state index contributed by atoms with van der Waals surface area (Å²) in [6.07, 6.45) is 0.406. The third-order valence-electron chi connectivity index (χ3n) is 2.54. The molecule has 0 aliphatic rings. The molecule has 0 bridgehead atoms. The molecule has 1 rings (SSSR count). The van der Waals surface area contributed by atoms with Gasteiger partial charge in [-0.2, -0.15) is 0 Å². The van der Waals surface area contributed by atoms with Gasteiger partial charge in [0.1, 0.15) is 0 Å². The molecule has 19 heavy (non-hydrogen) atoms. The average Bonchev–Trinajstić information content (AvgIpc) is 2.28. The molecule has 6 heteroatoms. The standard InChI is InChI=1S/C13H19NO5/c1-13(2,17)4-5-19-11-6-8(12(15)16)9(14)7-10(11)18-3/h6-7,17H,4-5,14H2,1-3H3,(H,15,16). The number of carboxylic acids is 1. The van der Waals surface area contributed by atoms with Gasteiger partial charge in [-0.15, -0.1) is 0 Å². The van der Waals surface area contributed by atoms with Crippen LogP contribution >= 0.6 is 0 Å². The maximum absolute atomic E-state index is 11.0. The zero-order chi connectivity index (χ0) is 14.6. The molecule has 0 heterocycles. The fourth-order valence-electron chi connectivity index (χ4n) is 1.44. The maximum Gasteiger partial charge on any atom is 0.337 e. The Balaban J connectivity index is 2.92. The highest BCUT2D eigenvalue weighted by Gasteiger charge is 2.16. The van der Waals surface area contributed by atoms with Crippen molar-refractivity contribution in [2.45, 2.75) is 25.9 Å². The Hall–Kier alpha value is -1.95. The summed E-state index contributed by atoms with van der Waals surface area (Å²) in [5.74, 6) is -0.482. The molecule has 0 aliphatic carbocycles. The second-order valence-electron chi connectivity index (χ2n) is 4.81. The fourth-order valence-corrected chi connectivity index (χ4v) is 1.44. The first-order valence-corrected chi connectivity index (χ1v) is 5.80. The van der Waals surface area contributed by atoms with Crippen LogP contribution in [0.25, 0.3) is 0 Å². The highest BCUT2D eigenvalue weighted by molar-refractivity contribution is 5.94. The number of carbonyl (C=O) groups is 1. The van der Waals surface area contributed by atoms with Crippen LogP contribution < -0.4 is 15.2 Å². The Morgan fingerprint density at radius 1 is 1.37 bits per heavy atom. The van der Waals surface area contributed by atoms with Crippen LogP contribution in [0.15, 0.2) is 12.1 Å². The third-order valence-corrected chi connectivity index (χ3v) is 2.54. The summed E-state index contributed by atoms with van der Waals surface area (Å²) in [5, 5.41) is 18.6. The molecular weight excluding hydrogens is 250 g/mol. The minimum atomic E-state index is -1.13. The lowest BCUT2D eigenvalue weighted by Crippen LogP contribution is -2.22. The lowest BCUT2D eigenvalue weighted by atomic mass is 10.1. The predicted molar refractivity (Wildman–Crippen MR) is 70.8 cm³/mol. The van der Waals surface area contributed by atoms with Crippen LogP contribution in [0.4, 0.5) is 5.69 Å². The van der Waals surface area contributed by atoms with E-state index in [1.165, 1.54) is 19.2 Å². The molecule has 0 amide bonds. The van der Waals surface area contributed by atoms with Gasteiger partial charge in [-0.05, 0) is 13.8 Å². The normalized spacial score (nSPS) is 11.2. The van der Waals surface area contributed by atoms with E-state index in [1.807, 2.05) is 0 Å². The molecule has 0 radical (unpaired) electrons. The molecule has 0 aliphatic heterocycles. The molecule has 106 valence electrons. The van der Waals surface area contributed by atoms with Crippen molar-refractivity contribution < 1.29 is 24.5 Å². The van der Waals surface area contributed by atoms with Crippen LogP contribution in [0.2, 0.25) is 0 Å². The van der Waals surface area contributed by atoms with E-state index in [0.717, 1.165) is 0 Å². The van der Waals surface area contributed by atoms with Crippen molar-refractivity contribution in [1.29, 1.82) is 0 Å². The van der Waals surface area contributed by atoms with Gasteiger partial charge in [0.2, 0.25) is 0 Å². The van der Waals surface area contributed by atoms with Crippen LogP contribution in [-0.4, -0.2) is 35.5 Å². The van der Waals surface area contributed by atoms with Crippen molar-refractivity contribution in [2.24, 2.45) is 0 Å². The SMILES string of the molecule is COc1cc(N)c(C(=O)O)cc1OCCC(C)(C)O. The molecule has 0 spiro atoms. The number of rotatable bonds is 6. The lowest BCUT2D eigenvalue weighted by molar-refractivity contribution is 0.0547. The molecule has 0 atom stereocenters. The summed E-state index contributed by atoms with van der Waals surface area (Å²) >= 11 is 0. The van der Waals surface area contributed by atoms with Gasteiger partial charge in [0.15, 0.2) is 11.5 Å². The number of ether oxygens (including phenoxy) is 2. The molecule has 0 unspecified atom stereocenters. The summed E-state index contributed by atoms with van der Waals surface area (Å²) in [5.41, 5.74) is 4.83. The van der Waals surface area contributed by atoms with E-state index in [1.54, 1.807) is 13.8 Å². The number of benzene rings is 1. The van der Waals surface area contributed by atoms with Crippen molar-refractivity contribution in [3.05, 3.63) is 17.7 Å². The molecule has 0 saturated heterocycles. The summed E-state index contributed by atoms with van der Waals surface area (Å²) in [6, 6.07) is 2.73. The summed E-state index contributed by atoms with van der Waals surface area (Å²) < 4.78 is 10.5. The summed E-state index contributed by atoms with van der Waals surface area (Å²) in [4.78, 5) is 11.0. The van der Waals surface area contributed by atoms with Crippen LogP contribution in [0.1, 0.15) is 30.6 Å². The first-order valence-electron chi connectivity index (χ1n) is 5.80. The number of aliphatic hydroxyl groups is 1. The van der Waals surface area contributed by atoms with Gasteiger partial charge in [-0.25, -0.2) is 4.79 Å². The number of nitrogen functional groups attached to an aromatic ring is 1. The van der Waals surface area contributed by atoms with Crippen LogP contribution in [-0.2, 0) is 0 Å². The van der Waals surface area contributed by atoms with Crippen molar-refractivity contribution in [3.63, 3.8) is 0 Å². The second-order valence-corrected chi connectivity index (χ2v) is 4.81. The molecule has 1 aromatic rings. The highest BCUT2D eigenvalue weighted by Crippen LogP contribution is 2.32. The molecule has 1 aromatic carbocycles. The smallest absolute Gasteiger partial charge is 0.337 e. The first kappa shape index (κ1) is 15.1. The minimum absolute atomic E-state index is 0.0425. The number of anilines is 1. The maximum atomic E-state index is 11.0. The zero-order valence-electron chi connectivity index (χ0n) is 11.3. The van der Waals surface area contributed by atoms with E-state index in [2.05, 4.69) is 0 Å². The monoisotopic (exact) mass is 269 g/mol. The van der Waals surface area contributed by atoms with E-state index in [-0.39, 0.29) is 17.9 Å². The largest absolute Gasteiger partial charge is 0.493 e. The Labute approximate surface area is 111 Å². The molecule has 6 nitrogen and oxygen atoms in total. The number of hydrogen-bond acceptors (Lipinski definition) is 5. The number of carboxylic acid groups (broad SMARTS) is 1. The van der Waals surface area contributed by atoms with Gasteiger partial charge >= 0.3 is 5.97 Å². The number of methoxy groups -OCH3 is 1. The van der Waals surface area contributed by atoms with Crippen molar-refractivity contribution in [3.8, 4) is 11.5 Å². The van der Waals surface area contributed by atoms with E-state index < -0.39 is 11.6 Å². The highest BCUT2D eigenvalue weighted by atomic mass is 16.5. The number of nitrogens with two attached hydrogens (primary N) is 1. The van der Waals surface area contributed by atoms with Gasteiger partial charge in [-0.3, -0.25) is 0 Å². The van der Waals surface area contributed by atoms with Crippen LogP contribution in [0, 0.1) is 0 Å². The van der Waals surface area contributed by atoms with Gasteiger partial charge in [0.05, 0.1) is 30.6 Å². The zero-order valence-corrected chi connectivity index (χ0v) is 11.3. The van der Waals surface area contributed by atoms with E-state index in [4.69, 9.17) is 20.3 Å². The topological polar surface area (TPSA) is 102 Å². The van der Waals surface area contributed by atoms with Crippen LogP contribution in [0.5, 0.6) is 11.5 Å².